The van der Waals surface area contributed by atoms with E-state index in [2.05, 4.69) is 30.2 Å². The van der Waals surface area contributed by atoms with Crippen LogP contribution in [0.25, 0.3) is 0 Å². The third-order valence-corrected chi connectivity index (χ3v) is 6.86. The second kappa shape index (κ2) is 14.5. The molecule has 0 aliphatic carbocycles. The molecule has 2 N–H and O–H groups in total. The fourth-order valence-corrected chi connectivity index (χ4v) is 4.52. The van der Waals surface area contributed by atoms with Crippen molar-refractivity contribution in [1.82, 2.24) is 5.32 Å². The van der Waals surface area contributed by atoms with E-state index in [9.17, 15) is 14.7 Å². The molecule has 0 saturated carbocycles. The SMILES string of the molecule is C/C=C\C1=CCC(C)=N1.CC1CCCCC[C@H](C)CNC(=O)CC(O)C(C)(C)C(=O)C(C)C1. The summed E-state index contributed by atoms with van der Waals surface area (Å²) in [5.74, 6) is 0.788. The molecule has 188 valence electrons. The molecule has 2 rings (SSSR count). The van der Waals surface area contributed by atoms with E-state index < -0.39 is 11.5 Å². The molecule has 0 aromatic heterocycles. The van der Waals surface area contributed by atoms with Gasteiger partial charge in [-0.15, -0.1) is 0 Å². The molecule has 3 unspecified atom stereocenters. The smallest absolute Gasteiger partial charge is 0.222 e. The van der Waals surface area contributed by atoms with Crippen LogP contribution >= 0.6 is 0 Å². The molecule has 1 saturated heterocycles. The first-order valence-corrected chi connectivity index (χ1v) is 12.8. The number of hydrogen-bond donors (Lipinski definition) is 2. The van der Waals surface area contributed by atoms with Crippen LogP contribution < -0.4 is 5.32 Å². The Morgan fingerprint density at radius 1 is 1.09 bits per heavy atom. The average Bonchev–Trinajstić information content (AvgIpc) is 3.16. The Kier molecular flexibility index (Phi) is 12.9. The van der Waals surface area contributed by atoms with Crippen molar-refractivity contribution >= 4 is 17.4 Å². The highest BCUT2D eigenvalue weighted by Crippen LogP contribution is 2.31. The van der Waals surface area contributed by atoms with Crippen LogP contribution in [-0.4, -0.2) is 35.2 Å². The van der Waals surface area contributed by atoms with Crippen molar-refractivity contribution in [3.63, 3.8) is 0 Å². The highest BCUT2D eigenvalue weighted by atomic mass is 16.3. The van der Waals surface area contributed by atoms with E-state index in [4.69, 9.17) is 0 Å². The summed E-state index contributed by atoms with van der Waals surface area (Å²) in [6, 6.07) is 0. The maximum Gasteiger partial charge on any atom is 0.222 e. The Morgan fingerprint density at radius 3 is 2.30 bits per heavy atom. The van der Waals surface area contributed by atoms with Crippen LogP contribution in [-0.2, 0) is 9.59 Å². The van der Waals surface area contributed by atoms with Crippen molar-refractivity contribution in [2.45, 2.75) is 106 Å². The standard InChI is InChI=1S/C20H37NO3.C8H11N/c1-14-9-7-6-8-10-15(2)13-21-18(23)12-17(22)20(4,5)19(24)16(3)11-14;1-3-4-8-6-5-7(2)9-8/h14-17,22H,6-13H2,1-5H3,(H,21,23);3-4,6H,5H2,1-2H3/b;4-3-/t14?,15-,16?,17?;/m0./s1. The van der Waals surface area contributed by atoms with Gasteiger partial charge in [0.05, 0.1) is 23.6 Å². The first kappa shape index (κ1) is 29.3. The number of amides is 1. The zero-order chi connectivity index (χ0) is 25.0. The number of hydrogen-bond acceptors (Lipinski definition) is 4. The summed E-state index contributed by atoms with van der Waals surface area (Å²) in [6.45, 7) is 14.5. The van der Waals surface area contributed by atoms with E-state index in [1.54, 1.807) is 13.8 Å². The monoisotopic (exact) mass is 460 g/mol. The highest BCUT2D eigenvalue weighted by molar-refractivity contribution is 5.88. The van der Waals surface area contributed by atoms with Crippen molar-refractivity contribution in [1.29, 1.82) is 0 Å². The molecule has 1 fully saturated rings. The predicted octanol–water partition coefficient (Wildman–Crippen LogP) is 6.02. The number of aliphatic hydroxyl groups excluding tert-OH is 1. The molecule has 2 aliphatic heterocycles. The van der Waals surface area contributed by atoms with E-state index in [1.165, 1.54) is 25.0 Å². The molecule has 5 nitrogen and oxygen atoms in total. The van der Waals surface area contributed by atoms with Crippen LogP contribution in [0.15, 0.2) is 28.9 Å². The normalized spacial score (nSPS) is 30.2. The van der Waals surface area contributed by atoms with Crippen molar-refractivity contribution in [3.8, 4) is 0 Å². The van der Waals surface area contributed by atoms with E-state index in [1.807, 2.05) is 32.9 Å². The number of nitrogens with zero attached hydrogens (tertiary/aromatic N) is 1. The molecule has 1 amide bonds. The van der Waals surface area contributed by atoms with Gasteiger partial charge < -0.3 is 10.4 Å². The molecule has 0 aromatic rings. The van der Waals surface area contributed by atoms with Crippen molar-refractivity contribution < 1.29 is 14.7 Å². The van der Waals surface area contributed by atoms with Crippen molar-refractivity contribution in [2.75, 3.05) is 6.54 Å². The Hall–Kier alpha value is -1.75. The molecular formula is C28H48N2O3. The first-order chi connectivity index (χ1) is 15.5. The minimum absolute atomic E-state index is 0.00622. The summed E-state index contributed by atoms with van der Waals surface area (Å²) in [4.78, 5) is 29.1. The van der Waals surface area contributed by atoms with Crippen LogP contribution in [0.4, 0.5) is 0 Å². The molecular weight excluding hydrogens is 412 g/mol. The lowest BCUT2D eigenvalue weighted by Crippen LogP contribution is -2.43. The van der Waals surface area contributed by atoms with Gasteiger partial charge in [-0.1, -0.05) is 72.5 Å². The number of allylic oxidation sites excluding steroid dienone is 3. The largest absolute Gasteiger partial charge is 0.392 e. The number of carbonyl (C=O) groups excluding carboxylic acids is 2. The lowest BCUT2D eigenvalue weighted by Gasteiger charge is -2.32. The maximum absolute atomic E-state index is 12.8. The van der Waals surface area contributed by atoms with Gasteiger partial charge in [-0.05, 0) is 44.6 Å². The van der Waals surface area contributed by atoms with Gasteiger partial charge in [0.2, 0.25) is 5.91 Å². The number of Topliss-reactive ketones (excluding diaryl/α,β-unsaturated/α-hetero) is 1. The molecule has 0 spiro atoms. The first-order valence-electron chi connectivity index (χ1n) is 12.8. The van der Waals surface area contributed by atoms with Gasteiger partial charge in [0.15, 0.2) is 0 Å². The van der Waals surface area contributed by atoms with E-state index in [-0.39, 0.29) is 24.0 Å². The van der Waals surface area contributed by atoms with Gasteiger partial charge in [0.1, 0.15) is 5.78 Å². The lowest BCUT2D eigenvalue weighted by atomic mass is 9.74. The Balaban J connectivity index is 0.000000502. The van der Waals surface area contributed by atoms with Crippen LogP contribution in [0, 0.1) is 23.2 Å². The number of rotatable bonds is 1. The van der Waals surface area contributed by atoms with Crippen LogP contribution in [0.1, 0.15) is 99.8 Å². The average molecular weight is 461 g/mol. The van der Waals surface area contributed by atoms with Gasteiger partial charge in [0.25, 0.3) is 0 Å². The van der Waals surface area contributed by atoms with Crippen molar-refractivity contribution in [2.24, 2.45) is 28.2 Å². The van der Waals surface area contributed by atoms with Gasteiger partial charge in [-0.3, -0.25) is 14.6 Å². The van der Waals surface area contributed by atoms with Crippen LogP contribution in [0.2, 0.25) is 0 Å². The quantitative estimate of drug-likeness (QED) is 0.502. The van der Waals surface area contributed by atoms with Gasteiger partial charge in [-0.25, -0.2) is 0 Å². The molecule has 33 heavy (non-hydrogen) atoms. The summed E-state index contributed by atoms with van der Waals surface area (Å²) in [5, 5.41) is 13.4. The number of aliphatic imine (C=N–C) groups is 1. The molecule has 4 atom stereocenters. The van der Waals surface area contributed by atoms with Gasteiger partial charge in [-0.2, -0.15) is 0 Å². The highest BCUT2D eigenvalue weighted by Gasteiger charge is 2.39. The minimum Gasteiger partial charge on any atom is -0.392 e. The molecule has 2 heterocycles. The van der Waals surface area contributed by atoms with Crippen LogP contribution in [0.3, 0.4) is 0 Å². The second-order valence-corrected chi connectivity index (χ2v) is 10.8. The topological polar surface area (TPSA) is 78.8 Å². The van der Waals surface area contributed by atoms with E-state index >= 15 is 0 Å². The number of aliphatic hydroxyl groups is 1. The van der Waals surface area contributed by atoms with E-state index in [0.29, 0.717) is 18.4 Å². The second-order valence-electron chi connectivity index (χ2n) is 10.8. The summed E-state index contributed by atoms with van der Waals surface area (Å²) in [6.07, 6.45) is 13.0. The molecule has 2 aliphatic rings. The fourth-order valence-electron chi connectivity index (χ4n) is 4.52. The number of nitrogens with one attached hydrogen (secondary N) is 1. The maximum atomic E-state index is 12.8. The molecule has 0 radical (unpaired) electrons. The van der Waals surface area contributed by atoms with Crippen molar-refractivity contribution in [3.05, 3.63) is 23.9 Å². The third kappa shape index (κ3) is 10.8. The Morgan fingerprint density at radius 2 is 1.73 bits per heavy atom. The van der Waals surface area contributed by atoms with E-state index in [0.717, 1.165) is 31.4 Å². The lowest BCUT2D eigenvalue weighted by molar-refractivity contribution is -0.139. The predicted molar refractivity (Wildman–Crippen MR) is 138 cm³/mol. The summed E-state index contributed by atoms with van der Waals surface area (Å²) in [7, 11) is 0. The van der Waals surface area contributed by atoms with Gasteiger partial charge >= 0.3 is 0 Å². The fraction of sp³-hybridized carbons (Fsp3) is 0.750. The van der Waals surface area contributed by atoms with Gasteiger partial charge in [0, 0.05) is 24.6 Å². The number of ketones is 1. The zero-order valence-electron chi connectivity index (χ0n) is 22.1. The summed E-state index contributed by atoms with van der Waals surface area (Å²) >= 11 is 0. The zero-order valence-corrected chi connectivity index (χ0v) is 22.1. The number of carbonyl (C=O) groups is 2. The minimum atomic E-state index is -0.939. The third-order valence-electron chi connectivity index (χ3n) is 6.86. The molecule has 5 heteroatoms. The summed E-state index contributed by atoms with van der Waals surface area (Å²) in [5.41, 5.74) is 1.43. The van der Waals surface area contributed by atoms with Crippen LogP contribution in [0.5, 0.6) is 0 Å². The summed E-state index contributed by atoms with van der Waals surface area (Å²) < 4.78 is 0. The molecule has 0 aromatic carbocycles. The molecule has 0 bridgehead atoms. The Bertz CT molecular complexity index is 721. The Labute approximate surface area is 202 Å².